The van der Waals surface area contributed by atoms with Gasteiger partial charge >= 0.3 is 0 Å². The number of ether oxygens (including phenoxy) is 2. The van der Waals surface area contributed by atoms with Crippen molar-refractivity contribution in [1.82, 2.24) is 25.2 Å². The van der Waals surface area contributed by atoms with Gasteiger partial charge in [0.1, 0.15) is 18.1 Å². The minimum absolute atomic E-state index is 0.0976. The molecule has 4 aromatic rings. The summed E-state index contributed by atoms with van der Waals surface area (Å²) in [5.74, 6) is 0.253. The maximum absolute atomic E-state index is 14.2. The maximum Gasteiger partial charge on any atom is 0.248 e. The lowest BCUT2D eigenvalue weighted by molar-refractivity contribution is -0.143. The smallest absolute Gasteiger partial charge is 0.248 e. The summed E-state index contributed by atoms with van der Waals surface area (Å²) >= 11 is 0. The molecule has 1 atom stereocenters. The molecule has 2 amide bonds. The fraction of sp³-hybridized carbons (Fsp3) is 0.355. The van der Waals surface area contributed by atoms with Crippen LogP contribution in [-0.2, 0) is 22.7 Å². The Morgan fingerprint density at radius 3 is 2.40 bits per heavy atom. The Morgan fingerprint density at radius 1 is 1.00 bits per heavy atom. The predicted octanol–water partition coefficient (Wildman–Crippen LogP) is 4.83. The number of benzene rings is 3. The zero-order valence-corrected chi connectivity index (χ0v) is 24.0. The maximum atomic E-state index is 14.2. The second-order valence-electron chi connectivity index (χ2n) is 10.5. The van der Waals surface area contributed by atoms with Gasteiger partial charge in [-0.1, -0.05) is 66.2 Å². The molecule has 0 saturated heterocycles. The van der Waals surface area contributed by atoms with Gasteiger partial charge in [-0.15, -0.1) is 5.10 Å². The fourth-order valence-corrected chi connectivity index (χ4v) is 4.53. The molecule has 40 heavy (non-hydrogen) atoms. The molecule has 0 unspecified atom stereocenters. The first-order chi connectivity index (χ1) is 19.2. The number of para-hydroxylation sites is 2. The number of rotatable bonds is 11. The summed E-state index contributed by atoms with van der Waals surface area (Å²) in [7, 11) is 3.07. The minimum atomic E-state index is -1.01. The van der Waals surface area contributed by atoms with E-state index in [9.17, 15) is 9.59 Å². The zero-order valence-electron chi connectivity index (χ0n) is 24.0. The molecule has 210 valence electrons. The molecule has 0 saturated carbocycles. The monoisotopic (exact) mass is 543 g/mol. The van der Waals surface area contributed by atoms with E-state index in [1.807, 2.05) is 76.2 Å². The van der Waals surface area contributed by atoms with E-state index in [2.05, 4.69) is 15.6 Å². The van der Waals surface area contributed by atoms with Crippen LogP contribution in [0.25, 0.3) is 11.0 Å². The summed E-state index contributed by atoms with van der Waals surface area (Å²) in [6.45, 7) is 8.02. The molecule has 0 aliphatic rings. The Labute approximate surface area is 235 Å². The van der Waals surface area contributed by atoms with Gasteiger partial charge in [-0.05, 0) is 51.0 Å². The van der Waals surface area contributed by atoms with Crippen LogP contribution in [0.5, 0.6) is 11.5 Å². The molecule has 0 bridgehead atoms. The van der Waals surface area contributed by atoms with Crippen molar-refractivity contribution in [1.29, 1.82) is 0 Å². The van der Waals surface area contributed by atoms with Gasteiger partial charge in [0.25, 0.3) is 0 Å². The number of methoxy groups -OCH3 is 2. The van der Waals surface area contributed by atoms with Crippen LogP contribution in [0.15, 0.2) is 66.7 Å². The number of carbonyl (C=O) groups excluding carboxylic acids is 2. The molecule has 1 heterocycles. The summed E-state index contributed by atoms with van der Waals surface area (Å²) in [6.07, 6.45) is 0.706. The van der Waals surface area contributed by atoms with Gasteiger partial charge in [0, 0.05) is 17.6 Å². The van der Waals surface area contributed by atoms with Gasteiger partial charge in [-0.2, -0.15) is 0 Å². The molecular formula is C31H37N5O4. The van der Waals surface area contributed by atoms with Crippen molar-refractivity contribution in [2.75, 3.05) is 14.2 Å². The van der Waals surface area contributed by atoms with Gasteiger partial charge in [-0.25, -0.2) is 4.68 Å². The van der Waals surface area contributed by atoms with Crippen LogP contribution in [-0.4, -0.2) is 51.5 Å². The summed E-state index contributed by atoms with van der Waals surface area (Å²) in [5, 5.41) is 11.6. The van der Waals surface area contributed by atoms with E-state index < -0.39 is 11.6 Å². The van der Waals surface area contributed by atoms with Crippen molar-refractivity contribution in [3.05, 3.63) is 83.4 Å². The van der Waals surface area contributed by atoms with Gasteiger partial charge in [0.05, 0.1) is 19.7 Å². The number of carbonyl (C=O) groups is 2. The third-order valence-electron chi connectivity index (χ3n) is 7.13. The third-order valence-corrected chi connectivity index (χ3v) is 7.13. The van der Waals surface area contributed by atoms with E-state index in [0.29, 0.717) is 29.0 Å². The summed E-state index contributed by atoms with van der Waals surface area (Å²) < 4.78 is 12.9. The van der Waals surface area contributed by atoms with E-state index in [1.165, 1.54) is 7.11 Å². The fourth-order valence-electron chi connectivity index (χ4n) is 4.53. The second-order valence-corrected chi connectivity index (χ2v) is 10.5. The Balaban J connectivity index is 1.85. The van der Waals surface area contributed by atoms with Gasteiger partial charge in [0.2, 0.25) is 11.8 Å². The first-order valence-corrected chi connectivity index (χ1v) is 13.3. The molecule has 4 rings (SSSR count). The summed E-state index contributed by atoms with van der Waals surface area (Å²) in [4.78, 5) is 30.0. The number of aryl methyl sites for hydroxylation is 1. The number of nitrogens with zero attached hydrogens (tertiary/aromatic N) is 4. The molecule has 0 aliphatic carbocycles. The molecule has 1 aromatic heterocycles. The minimum Gasteiger partial charge on any atom is -0.493 e. The predicted molar refractivity (Wildman–Crippen MR) is 154 cm³/mol. The van der Waals surface area contributed by atoms with Crippen molar-refractivity contribution in [3.63, 3.8) is 0 Å². The molecular weight excluding hydrogens is 506 g/mol. The average Bonchev–Trinajstić information content (AvgIpc) is 3.35. The average molecular weight is 544 g/mol. The van der Waals surface area contributed by atoms with E-state index in [4.69, 9.17) is 9.47 Å². The van der Waals surface area contributed by atoms with Crippen LogP contribution in [0.1, 0.15) is 49.9 Å². The van der Waals surface area contributed by atoms with Crippen LogP contribution >= 0.6 is 0 Å². The lowest BCUT2D eigenvalue weighted by atomic mass is 9.97. The first-order valence-electron chi connectivity index (χ1n) is 13.3. The van der Waals surface area contributed by atoms with Gasteiger partial charge in [0.15, 0.2) is 11.5 Å². The van der Waals surface area contributed by atoms with Crippen LogP contribution in [0.2, 0.25) is 0 Å². The van der Waals surface area contributed by atoms with Crippen molar-refractivity contribution < 1.29 is 19.1 Å². The zero-order chi connectivity index (χ0) is 28.9. The van der Waals surface area contributed by atoms with Crippen LogP contribution in [0, 0.1) is 6.92 Å². The van der Waals surface area contributed by atoms with Crippen molar-refractivity contribution >= 4 is 22.8 Å². The van der Waals surface area contributed by atoms with Crippen molar-refractivity contribution in [2.24, 2.45) is 0 Å². The Bertz CT molecular complexity index is 1480. The molecule has 1 N–H and O–H groups in total. The summed E-state index contributed by atoms with van der Waals surface area (Å²) in [5.41, 5.74) is 3.44. The van der Waals surface area contributed by atoms with Crippen molar-refractivity contribution in [2.45, 2.75) is 58.8 Å². The SMILES string of the molecule is CCC(C)(C)NC(=O)[C@H](c1cccc(OC)c1OC)N(Cc1ccc(C)cc1)C(=O)Cn1nnc2ccccc21. The Hall–Kier alpha value is -4.40. The topological polar surface area (TPSA) is 98.6 Å². The van der Waals surface area contributed by atoms with Crippen molar-refractivity contribution in [3.8, 4) is 11.5 Å². The van der Waals surface area contributed by atoms with Crippen LogP contribution in [0.4, 0.5) is 0 Å². The third kappa shape index (κ3) is 6.25. The molecule has 9 nitrogen and oxygen atoms in total. The Kier molecular flexibility index (Phi) is 8.72. The molecule has 0 aliphatic heterocycles. The summed E-state index contributed by atoms with van der Waals surface area (Å²) in [6, 6.07) is 19.7. The molecule has 3 aromatic carbocycles. The molecule has 9 heteroatoms. The van der Waals surface area contributed by atoms with Gasteiger partial charge in [-0.3, -0.25) is 9.59 Å². The van der Waals surface area contributed by atoms with E-state index in [0.717, 1.165) is 16.6 Å². The standard InChI is InChI=1S/C31H37N5O4/c1-7-31(3,4)32-30(38)28(23-11-10-14-26(39-5)29(23)40-6)35(19-22-17-15-21(2)16-18-22)27(37)20-36-25-13-9-8-12-24(25)33-34-36/h8-18,28H,7,19-20H2,1-6H3,(H,32,38)/t28-/m0/s1. The number of hydrogen-bond donors (Lipinski definition) is 1. The number of nitrogens with one attached hydrogen (secondary N) is 1. The lowest BCUT2D eigenvalue weighted by Crippen LogP contribution is -2.50. The van der Waals surface area contributed by atoms with E-state index in [-0.39, 0.29) is 24.9 Å². The second kappa shape index (κ2) is 12.2. The normalized spacial score (nSPS) is 12.2. The van der Waals surface area contributed by atoms with E-state index >= 15 is 0 Å². The Morgan fingerprint density at radius 2 is 1.73 bits per heavy atom. The molecule has 0 fully saturated rings. The number of hydrogen-bond acceptors (Lipinski definition) is 6. The highest BCUT2D eigenvalue weighted by atomic mass is 16.5. The largest absolute Gasteiger partial charge is 0.493 e. The number of amides is 2. The number of fused-ring (bicyclic) bond motifs is 1. The highest BCUT2D eigenvalue weighted by Crippen LogP contribution is 2.38. The number of aromatic nitrogens is 3. The molecule has 0 spiro atoms. The highest BCUT2D eigenvalue weighted by Gasteiger charge is 2.37. The quantitative estimate of drug-likeness (QED) is 0.291. The van der Waals surface area contributed by atoms with Crippen LogP contribution < -0.4 is 14.8 Å². The first kappa shape index (κ1) is 28.6. The molecule has 0 radical (unpaired) electrons. The highest BCUT2D eigenvalue weighted by molar-refractivity contribution is 5.90. The van der Waals surface area contributed by atoms with Gasteiger partial charge < -0.3 is 19.7 Å². The van der Waals surface area contributed by atoms with Crippen LogP contribution in [0.3, 0.4) is 0 Å². The lowest BCUT2D eigenvalue weighted by Gasteiger charge is -2.35. The van der Waals surface area contributed by atoms with E-state index in [1.54, 1.807) is 34.9 Å².